The summed E-state index contributed by atoms with van der Waals surface area (Å²) < 4.78 is 0. The van der Waals surface area contributed by atoms with Gasteiger partial charge in [0.1, 0.15) is 0 Å². The Morgan fingerprint density at radius 3 is 2.33 bits per heavy atom. The van der Waals surface area contributed by atoms with Gasteiger partial charge in [-0.15, -0.1) is 0 Å². The van der Waals surface area contributed by atoms with Crippen LogP contribution in [0.15, 0.2) is 0 Å². The molecule has 0 unspecified atom stereocenters. The Balaban J connectivity index is 2.56. The van der Waals surface area contributed by atoms with Gasteiger partial charge in [0.15, 0.2) is 0 Å². The SMILES string of the molecule is CC1CCN(C(=O)N(CCC(=O)O)C(C)C)CC1. The summed E-state index contributed by atoms with van der Waals surface area (Å²) in [5, 5.41) is 8.72. The normalized spacial score (nSPS) is 17.0. The standard InChI is InChI=1S/C13H24N2O3/c1-10(2)15(9-6-12(16)17)13(18)14-7-4-11(3)5-8-14/h10-11H,4-9H2,1-3H3,(H,16,17). The molecule has 0 radical (unpaired) electrons. The lowest BCUT2D eigenvalue weighted by Gasteiger charge is -2.36. The van der Waals surface area contributed by atoms with Crippen molar-refractivity contribution < 1.29 is 14.7 Å². The number of urea groups is 1. The van der Waals surface area contributed by atoms with E-state index in [1.807, 2.05) is 18.7 Å². The van der Waals surface area contributed by atoms with E-state index in [9.17, 15) is 9.59 Å². The Morgan fingerprint density at radius 2 is 1.89 bits per heavy atom. The van der Waals surface area contributed by atoms with Crippen molar-refractivity contribution in [3.63, 3.8) is 0 Å². The van der Waals surface area contributed by atoms with E-state index in [-0.39, 0.29) is 25.0 Å². The summed E-state index contributed by atoms with van der Waals surface area (Å²) in [4.78, 5) is 26.4. The van der Waals surface area contributed by atoms with E-state index >= 15 is 0 Å². The van der Waals surface area contributed by atoms with Crippen molar-refractivity contribution in [2.24, 2.45) is 5.92 Å². The molecule has 0 atom stereocenters. The number of likely N-dealkylation sites (tertiary alicyclic amines) is 1. The molecule has 1 N–H and O–H groups in total. The van der Waals surface area contributed by atoms with Gasteiger partial charge in [-0.05, 0) is 32.6 Å². The number of carboxylic acid groups (broad SMARTS) is 1. The number of hydrogen-bond acceptors (Lipinski definition) is 2. The van der Waals surface area contributed by atoms with Gasteiger partial charge < -0.3 is 14.9 Å². The lowest BCUT2D eigenvalue weighted by atomic mass is 9.99. The molecule has 0 aromatic heterocycles. The maximum atomic E-state index is 12.3. The van der Waals surface area contributed by atoms with Crippen LogP contribution in [0.3, 0.4) is 0 Å². The van der Waals surface area contributed by atoms with Gasteiger partial charge in [0.05, 0.1) is 6.42 Å². The first-order valence-electron chi connectivity index (χ1n) is 6.69. The predicted octanol–water partition coefficient (Wildman–Crippen LogP) is 2.02. The number of carboxylic acids is 1. The first-order valence-corrected chi connectivity index (χ1v) is 6.69. The zero-order valence-corrected chi connectivity index (χ0v) is 11.6. The van der Waals surface area contributed by atoms with E-state index < -0.39 is 5.97 Å². The highest BCUT2D eigenvalue weighted by atomic mass is 16.4. The quantitative estimate of drug-likeness (QED) is 0.837. The molecule has 2 amide bonds. The summed E-state index contributed by atoms with van der Waals surface area (Å²) in [6.45, 7) is 7.91. The largest absolute Gasteiger partial charge is 0.481 e. The predicted molar refractivity (Wildman–Crippen MR) is 69.5 cm³/mol. The second-order valence-electron chi connectivity index (χ2n) is 5.38. The van der Waals surface area contributed by atoms with E-state index in [0.717, 1.165) is 25.9 Å². The number of amides is 2. The zero-order chi connectivity index (χ0) is 13.7. The number of nitrogens with zero attached hydrogens (tertiary/aromatic N) is 2. The summed E-state index contributed by atoms with van der Waals surface area (Å²) in [7, 11) is 0. The van der Waals surface area contributed by atoms with E-state index in [1.54, 1.807) is 4.90 Å². The van der Waals surface area contributed by atoms with Crippen molar-refractivity contribution >= 4 is 12.0 Å². The van der Waals surface area contributed by atoms with Crippen LogP contribution < -0.4 is 0 Å². The fourth-order valence-electron chi connectivity index (χ4n) is 2.17. The smallest absolute Gasteiger partial charge is 0.320 e. The molecule has 0 bridgehead atoms. The third-order valence-corrected chi connectivity index (χ3v) is 3.49. The number of hydrogen-bond donors (Lipinski definition) is 1. The van der Waals surface area contributed by atoms with Crippen molar-refractivity contribution in [3.05, 3.63) is 0 Å². The van der Waals surface area contributed by atoms with Crippen LogP contribution >= 0.6 is 0 Å². The minimum atomic E-state index is -0.860. The fraction of sp³-hybridized carbons (Fsp3) is 0.846. The van der Waals surface area contributed by atoms with Crippen LogP contribution in [0.4, 0.5) is 4.79 Å². The number of carbonyl (C=O) groups is 2. The Kier molecular flexibility index (Phi) is 5.44. The molecule has 1 fully saturated rings. The summed E-state index contributed by atoms with van der Waals surface area (Å²) in [6, 6.07) is 0.0225. The van der Waals surface area contributed by atoms with E-state index in [2.05, 4.69) is 6.92 Å². The molecule has 104 valence electrons. The van der Waals surface area contributed by atoms with Crippen molar-refractivity contribution in [1.82, 2.24) is 9.80 Å². The van der Waals surface area contributed by atoms with Gasteiger partial charge in [-0.25, -0.2) is 4.79 Å². The molecule has 0 spiro atoms. The summed E-state index contributed by atoms with van der Waals surface area (Å²) in [5.74, 6) is -0.179. The molecular formula is C13H24N2O3. The lowest BCUT2D eigenvalue weighted by Crippen LogP contribution is -2.49. The van der Waals surface area contributed by atoms with Crippen molar-refractivity contribution in [3.8, 4) is 0 Å². The van der Waals surface area contributed by atoms with Gasteiger partial charge in [0.2, 0.25) is 0 Å². The van der Waals surface area contributed by atoms with Crippen LogP contribution in [0, 0.1) is 5.92 Å². The molecule has 18 heavy (non-hydrogen) atoms. The maximum absolute atomic E-state index is 12.3. The third kappa shape index (κ3) is 4.20. The minimum Gasteiger partial charge on any atom is -0.481 e. The molecule has 1 aliphatic heterocycles. The van der Waals surface area contributed by atoms with Gasteiger partial charge in [-0.2, -0.15) is 0 Å². The highest BCUT2D eigenvalue weighted by Gasteiger charge is 2.26. The summed E-state index contributed by atoms with van der Waals surface area (Å²) in [5.41, 5.74) is 0. The summed E-state index contributed by atoms with van der Waals surface area (Å²) >= 11 is 0. The van der Waals surface area contributed by atoms with Crippen molar-refractivity contribution in [2.75, 3.05) is 19.6 Å². The first kappa shape index (κ1) is 14.8. The average Bonchev–Trinajstić information content (AvgIpc) is 2.29. The molecule has 1 heterocycles. The monoisotopic (exact) mass is 256 g/mol. The first-order chi connectivity index (χ1) is 8.41. The molecule has 0 saturated carbocycles. The Bertz CT molecular complexity index is 297. The molecular weight excluding hydrogens is 232 g/mol. The van der Waals surface area contributed by atoms with Crippen molar-refractivity contribution in [2.45, 2.75) is 46.1 Å². The van der Waals surface area contributed by atoms with E-state index in [4.69, 9.17) is 5.11 Å². The van der Waals surface area contributed by atoms with Gasteiger partial charge in [0.25, 0.3) is 0 Å². The highest BCUT2D eigenvalue weighted by molar-refractivity contribution is 5.76. The number of aliphatic carboxylic acids is 1. The molecule has 5 heteroatoms. The Hall–Kier alpha value is -1.26. The number of piperidine rings is 1. The molecule has 0 aromatic carbocycles. The van der Waals surface area contributed by atoms with Gasteiger partial charge in [-0.1, -0.05) is 6.92 Å². The summed E-state index contributed by atoms with van der Waals surface area (Å²) in [6.07, 6.45) is 2.08. The van der Waals surface area contributed by atoms with Crippen LogP contribution in [-0.4, -0.2) is 52.6 Å². The lowest BCUT2D eigenvalue weighted by molar-refractivity contribution is -0.137. The Labute approximate surface area is 109 Å². The van der Waals surface area contributed by atoms with Crippen LogP contribution in [0.2, 0.25) is 0 Å². The molecule has 0 aliphatic carbocycles. The zero-order valence-electron chi connectivity index (χ0n) is 11.6. The second kappa shape index (κ2) is 6.61. The molecule has 1 aliphatic rings. The molecule has 1 saturated heterocycles. The number of rotatable bonds is 4. The van der Waals surface area contributed by atoms with Gasteiger partial charge >= 0.3 is 12.0 Å². The van der Waals surface area contributed by atoms with Crippen LogP contribution in [-0.2, 0) is 4.79 Å². The third-order valence-electron chi connectivity index (χ3n) is 3.49. The molecule has 5 nitrogen and oxygen atoms in total. The fourth-order valence-corrected chi connectivity index (χ4v) is 2.17. The molecule has 0 aromatic rings. The van der Waals surface area contributed by atoms with Crippen LogP contribution in [0.1, 0.15) is 40.0 Å². The van der Waals surface area contributed by atoms with E-state index in [1.165, 1.54) is 0 Å². The van der Waals surface area contributed by atoms with E-state index in [0.29, 0.717) is 5.92 Å². The number of carbonyl (C=O) groups excluding carboxylic acids is 1. The van der Waals surface area contributed by atoms with Crippen LogP contribution in [0.5, 0.6) is 0 Å². The van der Waals surface area contributed by atoms with Gasteiger partial charge in [0, 0.05) is 25.7 Å². The average molecular weight is 256 g/mol. The highest BCUT2D eigenvalue weighted by Crippen LogP contribution is 2.18. The van der Waals surface area contributed by atoms with Crippen LogP contribution in [0.25, 0.3) is 0 Å². The van der Waals surface area contributed by atoms with Gasteiger partial charge in [-0.3, -0.25) is 4.79 Å². The Morgan fingerprint density at radius 1 is 1.33 bits per heavy atom. The van der Waals surface area contributed by atoms with Crippen molar-refractivity contribution in [1.29, 1.82) is 0 Å². The molecule has 1 rings (SSSR count). The minimum absolute atomic E-state index is 0.00810. The topological polar surface area (TPSA) is 60.9 Å². The second-order valence-corrected chi connectivity index (χ2v) is 5.38. The maximum Gasteiger partial charge on any atom is 0.320 e.